The summed E-state index contributed by atoms with van der Waals surface area (Å²) in [6, 6.07) is 14.1. The van der Waals surface area contributed by atoms with Crippen LogP contribution in [0.2, 0.25) is 5.02 Å². The summed E-state index contributed by atoms with van der Waals surface area (Å²) in [5.41, 5.74) is 10.3. The van der Waals surface area contributed by atoms with Crippen LogP contribution in [0.25, 0.3) is 11.1 Å². The van der Waals surface area contributed by atoms with Crippen LogP contribution in [0.5, 0.6) is 0 Å². The Morgan fingerprint density at radius 1 is 1.11 bits per heavy atom. The fourth-order valence-electron chi connectivity index (χ4n) is 2.12. The fraction of sp³-hybridized carbons (Fsp3) is 0.250. The first-order valence-electron chi connectivity index (χ1n) is 6.20. The molecule has 0 amide bonds. The van der Waals surface area contributed by atoms with E-state index in [2.05, 4.69) is 38.1 Å². The monoisotopic (exact) mass is 259 g/mol. The van der Waals surface area contributed by atoms with Gasteiger partial charge in [-0.25, -0.2) is 0 Å². The Morgan fingerprint density at radius 3 is 2.61 bits per heavy atom. The second kappa shape index (κ2) is 5.45. The highest BCUT2D eigenvalue weighted by Crippen LogP contribution is 2.29. The van der Waals surface area contributed by atoms with Gasteiger partial charge < -0.3 is 5.73 Å². The van der Waals surface area contributed by atoms with Gasteiger partial charge in [-0.05, 0) is 41.7 Å². The van der Waals surface area contributed by atoms with Crippen LogP contribution in [0, 0.1) is 5.92 Å². The normalized spacial score (nSPS) is 10.9. The van der Waals surface area contributed by atoms with Crippen LogP contribution in [0.15, 0.2) is 42.5 Å². The van der Waals surface area contributed by atoms with Gasteiger partial charge in [0.05, 0.1) is 0 Å². The molecule has 0 fully saturated rings. The van der Waals surface area contributed by atoms with Crippen LogP contribution in [0.3, 0.4) is 0 Å². The van der Waals surface area contributed by atoms with E-state index in [1.165, 1.54) is 5.56 Å². The molecule has 18 heavy (non-hydrogen) atoms. The minimum absolute atomic E-state index is 0.650. The lowest BCUT2D eigenvalue weighted by atomic mass is 9.97. The van der Waals surface area contributed by atoms with E-state index in [0.717, 1.165) is 23.2 Å². The lowest BCUT2D eigenvalue weighted by Gasteiger charge is -2.10. The van der Waals surface area contributed by atoms with Gasteiger partial charge in [-0.1, -0.05) is 49.7 Å². The van der Waals surface area contributed by atoms with E-state index < -0.39 is 0 Å². The highest BCUT2D eigenvalue weighted by molar-refractivity contribution is 6.31. The zero-order chi connectivity index (χ0) is 13.1. The minimum atomic E-state index is 0.650. The Morgan fingerprint density at radius 2 is 1.89 bits per heavy atom. The van der Waals surface area contributed by atoms with Gasteiger partial charge in [-0.15, -0.1) is 0 Å². The van der Waals surface area contributed by atoms with Gasteiger partial charge in [0, 0.05) is 16.3 Å². The minimum Gasteiger partial charge on any atom is -0.398 e. The first-order chi connectivity index (χ1) is 8.56. The number of hydrogen-bond donors (Lipinski definition) is 1. The molecular formula is C16H18ClN. The molecule has 0 aliphatic heterocycles. The lowest BCUT2D eigenvalue weighted by Crippen LogP contribution is -1.95. The van der Waals surface area contributed by atoms with Crippen molar-refractivity contribution in [2.24, 2.45) is 5.92 Å². The largest absolute Gasteiger partial charge is 0.398 e. The highest BCUT2D eigenvalue weighted by atomic mass is 35.5. The van der Waals surface area contributed by atoms with Gasteiger partial charge in [0.1, 0.15) is 0 Å². The smallest absolute Gasteiger partial charge is 0.0413 e. The molecule has 0 radical (unpaired) electrons. The molecule has 2 rings (SSSR count). The van der Waals surface area contributed by atoms with Gasteiger partial charge >= 0.3 is 0 Å². The third kappa shape index (κ3) is 3.05. The summed E-state index contributed by atoms with van der Waals surface area (Å²) >= 11 is 6.04. The number of nitrogen functional groups attached to an aromatic ring is 1. The maximum atomic E-state index is 6.04. The zero-order valence-corrected chi connectivity index (χ0v) is 11.5. The van der Waals surface area contributed by atoms with E-state index in [-0.39, 0.29) is 0 Å². The van der Waals surface area contributed by atoms with Crippen LogP contribution < -0.4 is 5.73 Å². The van der Waals surface area contributed by atoms with E-state index in [9.17, 15) is 0 Å². The zero-order valence-electron chi connectivity index (χ0n) is 10.8. The van der Waals surface area contributed by atoms with E-state index in [4.69, 9.17) is 17.3 Å². The number of rotatable bonds is 3. The van der Waals surface area contributed by atoms with Crippen molar-refractivity contribution in [3.8, 4) is 11.1 Å². The average molecular weight is 260 g/mol. The van der Waals surface area contributed by atoms with Crippen LogP contribution in [0.1, 0.15) is 19.4 Å². The predicted molar refractivity (Wildman–Crippen MR) is 79.8 cm³/mol. The molecule has 2 heteroatoms. The summed E-state index contributed by atoms with van der Waals surface area (Å²) in [6.45, 7) is 4.45. The molecule has 0 aromatic heterocycles. The average Bonchev–Trinajstić information content (AvgIpc) is 2.32. The van der Waals surface area contributed by atoms with Crippen molar-refractivity contribution in [1.29, 1.82) is 0 Å². The highest BCUT2D eigenvalue weighted by Gasteiger charge is 2.05. The van der Waals surface area contributed by atoms with E-state index in [1.54, 1.807) is 0 Å². The molecule has 2 aromatic rings. The summed E-state index contributed by atoms with van der Waals surface area (Å²) in [6.07, 6.45) is 1.08. The molecule has 0 heterocycles. The SMILES string of the molecule is CC(C)Cc1cccc(-c2cc(Cl)ccc2N)c1. The second-order valence-corrected chi connectivity index (χ2v) is 5.47. The summed E-state index contributed by atoms with van der Waals surface area (Å²) in [4.78, 5) is 0. The molecule has 0 saturated heterocycles. The third-order valence-electron chi connectivity index (χ3n) is 2.90. The van der Waals surface area contributed by atoms with Gasteiger partial charge in [-0.3, -0.25) is 0 Å². The molecule has 0 aliphatic carbocycles. The predicted octanol–water partition coefficient (Wildman–Crippen LogP) is 4.79. The summed E-state index contributed by atoms with van der Waals surface area (Å²) < 4.78 is 0. The maximum absolute atomic E-state index is 6.04. The van der Waals surface area contributed by atoms with Crippen molar-refractivity contribution < 1.29 is 0 Å². The molecule has 0 bridgehead atoms. The molecule has 2 aromatic carbocycles. The fourth-order valence-corrected chi connectivity index (χ4v) is 2.29. The van der Waals surface area contributed by atoms with Gasteiger partial charge in [-0.2, -0.15) is 0 Å². The molecule has 0 spiro atoms. The Kier molecular flexibility index (Phi) is 3.93. The standard InChI is InChI=1S/C16H18ClN/c1-11(2)8-12-4-3-5-13(9-12)15-10-14(17)6-7-16(15)18/h3-7,9-11H,8,18H2,1-2H3. The van der Waals surface area contributed by atoms with Crippen LogP contribution in [-0.2, 0) is 6.42 Å². The molecule has 0 atom stereocenters. The van der Waals surface area contributed by atoms with Crippen LogP contribution in [0.4, 0.5) is 5.69 Å². The topological polar surface area (TPSA) is 26.0 Å². The van der Waals surface area contributed by atoms with Crippen molar-refractivity contribution in [1.82, 2.24) is 0 Å². The summed E-state index contributed by atoms with van der Waals surface area (Å²) in [7, 11) is 0. The summed E-state index contributed by atoms with van der Waals surface area (Å²) in [5.74, 6) is 0.650. The molecule has 0 aliphatic rings. The van der Waals surface area contributed by atoms with Crippen molar-refractivity contribution in [3.63, 3.8) is 0 Å². The molecule has 2 N–H and O–H groups in total. The van der Waals surface area contributed by atoms with Gasteiger partial charge in [0.2, 0.25) is 0 Å². The molecule has 94 valence electrons. The van der Waals surface area contributed by atoms with Gasteiger partial charge in [0.15, 0.2) is 0 Å². The van der Waals surface area contributed by atoms with E-state index in [1.807, 2.05) is 18.2 Å². The Labute approximate surface area is 114 Å². The molecular weight excluding hydrogens is 242 g/mol. The molecule has 0 saturated carbocycles. The van der Waals surface area contributed by atoms with Crippen molar-refractivity contribution in [3.05, 3.63) is 53.1 Å². The number of benzene rings is 2. The Hall–Kier alpha value is -1.47. The molecule has 0 unspecified atom stereocenters. The summed E-state index contributed by atoms with van der Waals surface area (Å²) in [5, 5.41) is 0.716. The lowest BCUT2D eigenvalue weighted by molar-refractivity contribution is 0.647. The van der Waals surface area contributed by atoms with Crippen LogP contribution in [-0.4, -0.2) is 0 Å². The Balaban J connectivity index is 2.41. The second-order valence-electron chi connectivity index (χ2n) is 5.03. The number of anilines is 1. The first kappa shape index (κ1) is 13.0. The van der Waals surface area contributed by atoms with Crippen molar-refractivity contribution in [2.75, 3.05) is 5.73 Å². The maximum Gasteiger partial charge on any atom is 0.0413 e. The third-order valence-corrected chi connectivity index (χ3v) is 3.13. The Bertz CT molecular complexity index is 547. The van der Waals surface area contributed by atoms with E-state index >= 15 is 0 Å². The quantitative estimate of drug-likeness (QED) is 0.788. The number of hydrogen-bond acceptors (Lipinski definition) is 1. The molecule has 1 nitrogen and oxygen atoms in total. The number of halogens is 1. The van der Waals surface area contributed by atoms with Gasteiger partial charge in [0.25, 0.3) is 0 Å². The van der Waals surface area contributed by atoms with Crippen molar-refractivity contribution in [2.45, 2.75) is 20.3 Å². The van der Waals surface area contributed by atoms with Crippen molar-refractivity contribution >= 4 is 17.3 Å². The first-order valence-corrected chi connectivity index (χ1v) is 6.58. The van der Waals surface area contributed by atoms with Crippen LogP contribution >= 0.6 is 11.6 Å². The number of nitrogens with two attached hydrogens (primary N) is 1. The van der Waals surface area contributed by atoms with E-state index in [0.29, 0.717) is 10.9 Å².